The summed E-state index contributed by atoms with van der Waals surface area (Å²) in [7, 11) is 0. The molecule has 1 fully saturated rings. The second kappa shape index (κ2) is 5.80. The topological polar surface area (TPSA) is 60.2 Å². The molecule has 0 aliphatic carbocycles. The number of ether oxygens (including phenoxy) is 1. The lowest BCUT2D eigenvalue weighted by Crippen LogP contribution is -2.37. The number of aromatic nitrogens is 2. The molecule has 18 heavy (non-hydrogen) atoms. The first-order valence-electron chi connectivity index (χ1n) is 6.86. The van der Waals surface area contributed by atoms with Crippen LogP contribution in [0.5, 0.6) is 0 Å². The Morgan fingerprint density at radius 3 is 2.72 bits per heavy atom. The van der Waals surface area contributed by atoms with E-state index in [2.05, 4.69) is 29.3 Å². The molecule has 2 heterocycles. The largest absolute Gasteiger partial charge is 0.370 e. The van der Waals surface area contributed by atoms with Crippen molar-refractivity contribution in [2.24, 2.45) is 0 Å². The van der Waals surface area contributed by atoms with Gasteiger partial charge in [-0.1, -0.05) is 19.0 Å². The van der Waals surface area contributed by atoms with Gasteiger partial charge >= 0.3 is 0 Å². The van der Waals surface area contributed by atoms with E-state index in [0.717, 1.165) is 38.2 Å². The van der Waals surface area contributed by atoms with E-state index in [1.807, 2.05) is 6.92 Å². The fourth-order valence-electron chi connectivity index (χ4n) is 2.38. The van der Waals surface area contributed by atoms with Crippen LogP contribution in [0.25, 0.3) is 0 Å². The molecule has 0 radical (unpaired) electrons. The molecule has 0 bridgehead atoms. The molecule has 2 rings (SSSR count). The highest BCUT2D eigenvalue weighted by atomic mass is 16.5. The SMILES string of the molecule is CCOC(CC)c1noc(C2(C)CCNCC2)n1. The molecule has 5 nitrogen and oxygen atoms in total. The van der Waals surface area contributed by atoms with Gasteiger partial charge in [0.15, 0.2) is 0 Å². The second-order valence-corrected chi connectivity index (χ2v) is 5.12. The van der Waals surface area contributed by atoms with Crippen LogP contribution in [0.3, 0.4) is 0 Å². The number of piperidine rings is 1. The molecule has 0 amide bonds. The van der Waals surface area contributed by atoms with Crippen LogP contribution in [0, 0.1) is 0 Å². The average Bonchev–Trinajstić information content (AvgIpc) is 2.87. The van der Waals surface area contributed by atoms with Crippen LogP contribution in [0.2, 0.25) is 0 Å². The van der Waals surface area contributed by atoms with Crippen molar-refractivity contribution >= 4 is 0 Å². The lowest BCUT2D eigenvalue weighted by Gasteiger charge is -2.30. The maximum Gasteiger partial charge on any atom is 0.232 e. The van der Waals surface area contributed by atoms with Crippen LogP contribution in [0.1, 0.15) is 57.9 Å². The molecule has 1 aromatic rings. The van der Waals surface area contributed by atoms with Gasteiger partial charge < -0.3 is 14.6 Å². The summed E-state index contributed by atoms with van der Waals surface area (Å²) in [5.74, 6) is 1.45. The minimum absolute atomic E-state index is 0.0149. The van der Waals surface area contributed by atoms with Gasteiger partial charge in [-0.15, -0.1) is 0 Å². The molecule has 0 aromatic carbocycles. The molecule has 1 aliphatic heterocycles. The summed E-state index contributed by atoms with van der Waals surface area (Å²) in [5.41, 5.74) is 0.0149. The number of hydrogen-bond acceptors (Lipinski definition) is 5. The first-order chi connectivity index (χ1) is 8.69. The zero-order valence-corrected chi connectivity index (χ0v) is 11.5. The predicted molar refractivity (Wildman–Crippen MR) is 68.4 cm³/mol. The smallest absolute Gasteiger partial charge is 0.232 e. The van der Waals surface area contributed by atoms with Gasteiger partial charge in [0.1, 0.15) is 6.10 Å². The van der Waals surface area contributed by atoms with Gasteiger partial charge in [-0.3, -0.25) is 0 Å². The summed E-state index contributed by atoms with van der Waals surface area (Å²) in [6.45, 7) is 8.95. The maximum atomic E-state index is 5.61. The van der Waals surface area contributed by atoms with E-state index in [4.69, 9.17) is 9.26 Å². The van der Waals surface area contributed by atoms with Crippen molar-refractivity contribution in [3.8, 4) is 0 Å². The lowest BCUT2D eigenvalue weighted by molar-refractivity contribution is 0.0518. The fraction of sp³-hybridized carbons (Fsp3) is 0.846. The quantitative estimate of drug-likeness (QED) is 0.871. The molecule has 5 heteroatoms. The summed E-state index contributed by atoms with van der Waals surface area (Å²) in [6, 6.07) is 0. The van der Waals surface area contributed by atoms with Gasteiger partial charge in [0, 0.05) is 12.0 Å². The molecule has 1 aliphatic rings. The van der Waals surface area contributed by atoms with Crippen LogP contribution in [0.4, 0.5) is 0 Å². The lowest BCUT2D eigenvalue weighted by atomic mass is 9.81. The molecule has 1 unspecified atom stereocenters. The number of rotatable bonds is 5. The van der Waals surface area contributed by atoms with E-state index in [-0.39, 0.29) is 11.5 Å². The van der Waals surface area contributed by atoms with E-state index in [9.17, 15) is 0 Å². The van der Waals surface area contributed by atoms with Crippen LogP contribution in [-0.4, -0.2) is 29.8 Å². The van der Waals surface area contributed by atoms with E-state index in [1.54, 1.807) is 0 Å². The van der Waals surface area contributed by atoms with Crippen molar-refractivity contribution in [2.75, 3.05) is 19.7 Å². The monoisotopic (exact) mass is 253 g/mol. The maximum absolute atomic E-state index is 5.61. The standard InChI is InChI=1S/C13H23N3O2/c1-4-10(17-5-2)11-15-12(18-16-11)13(3)6-8-14-9-7-13/h10,14H,4-9H2,1-3H3. The van der Waals surface area contributed by atoms with E-state index in [1.165, 1.54) is 0 Å². The molecule has 1 N–H and O–H groups in total. The minimum Gasteiger partial charge on any atom is -0.370 e. The molecule has 1 aromatic heterocycles. The Balaban J connectivity index is 2.13. The Morgan fingerprint density at radius 1 is 1.39 bits per heavy atom. The van der Waals surface area contributed by atoms with Crippen LogP contribution in [-0.2, 0) is 10.2 Å². The molecular weight excluding hydrogens is 230 g/mol. The van der Waals surface area contributed by atoms with Crippen molar-refractivity contribution in [2.45, 2.75) is 51.6 Å². The molecule has 102 valence electrons. The predicted octanol–water partition coefficient (Wildman–Crippen LogP) is 2.20. The van der Waals surface area contributed by atoms with Gasteiger partial charge in [0.25, 0.3) is 0 Å². The zero-order chi connectivity index (χ0) is 13.0. The molecule has 0 saturated carbocycles. The van der Waals surface area contributed by atoms with E-state index < -0.39 is 0 Å². The first-order valence-corrected chi connectivity index (χ1v) is 6.86. The van der Waals surface area contributed by atoms with Gasteiger partial charge in [-0.05, 0) is 39.3 Å². The van der Waals surface area contributed by atoms with Gasteiger partial charge in [0.2, 0.25) is 11.7 Å². The summed E-state index contributed by atoms with van der Waals surface area (Å²) in [5, 5.41) is 7.45. The Bertz CT molecular complexity index is 372. The third-order valence-corrected chi connectivity index (χ3v) is 3.69. The Morgan fingerprint density at radius 2 is 2.11 bits per heavy atom. The molecule has 1 saturated heterocycles. The Labute approximate surface area is 108 Å². The van der Waals surface area contributed by atoms with Crippen molar-refractivity contribution in [3.63, 3.8) is 0 Å². The van der Waals surface area contributed by atoms with Crippen molar-refractivity contribution in [1.29, 1.82) is 0 Å². The summed E-state index contributed by atoms with van der Waals surface area (Å²) >= 11 is 0. The van der Waals surface area contributed by atoms with Gasteiger partial charge in [-0.25, -0.2) is 0 Å². The van der Waals surface area contributed by atoms with Crippen LogP contribution < -0.4 is 5.32 Å². The van der Waals surface area contributed by atoms with Crippen molar-refractivity contribution in [1.82, 2.24) is 15.5 Å². The van der Waals surface area contributed by atoms with Crippen molar-refractivity contribution < 1.29 is 9.26 Å². The van der Waals surface area contributed by atoms with Gasteiger partial charge in [0.05, 0.1) is 0 Å². The van der Waals surface area contributed by atoms with Crippen molar-refractivity contribution in [3.05, 3.63) is 11.7 Å². The summed E-state index contributed by atoms with van der Waals surface area (Å²) in [6.07, 6.45) is 2.91. The van der Waals surface area contributed by atoms with E-state index in [0.29, 0.717) is 12.4 Å². The normalized spacial score (nSPS) is 20.8. The van der Waals surface area contributed by atoms with Crippen LogP contribution >= 0.6 is 0 Å². The van der Waals surface area contributed by atoms with Crippen LogP contribution in [0.15, 0.2) is 4.52 Å². The van der Waals surface area contributed by atoms with Gasteiger partial charge in [-0.2, -0.15) is 4.98 Å². The third kappa shape index (κ3) is 2.72. The molecule has 1 atom stereocenters. The zero-order valence-electron chi connectivity index (χ0n) is 11.5. The summed E-state index contributed by atoms with van der Waals surface area (Å²) in [4.78, 5) is 4.56. The average molecular weight is 253 g/mol. The Kier molecular flexibility index (Phi) is 4.35. The highest BCUT2D eigenvalue weighted by molar-refractivity contribution is 5.06. The molecular formula is C13H23N3O2. The second-order valence-electron chi connectivity index (χ2n) is 5.12. The Hall–Kier alpha value is -0.940. The number of nitrogens with zero attached hydrogens (tertiary/aromatic N) is 2. The number of hydrogen-bond donors (Lipinski definition) is 1. The third-order valence-electron chi connectivity index (χ3n) is 3.69. The first kappa shape index (κ1) is 13.5. The highest BCUT2D eigenvalue weighted by Gasteiger charge is 2.35. The fourth-order valence-corrected chi connectivity index (χ4v) is 2.38. The van der Waals surface area contributed by atoms with E-state index >= 15 is 0 Å². The number of nitrogens with one attached hydrogen (secondary N) is 1. The summed E-state index contributed by atoms with van der Waals surface area (Å²) < 4.78 is 11.1. The highest BCUT2D eigenvalue weighted by Crippen LogP contribution is 2.32. The molecule has 0 spiro atoms. The minimum atomic E-state index is -0.0437.